The minimum Gasteiger partial charge on any atom is -0.339 e. The minimum atomic E-state index is -0.208. The predicted octanol–water partition coefficient (Wildman–Crippen LogP) is 2.68. The van der Waals surface area contributed by atoms with E-state index in [2.05, 4.69) is 42.2 Å². The highest BCUT2D eigenvalue weighted by molar-refractivity contribution is 8.00. The molecule has 0 radical (unpaired) electrons. The number of benzene rings is 1. The van der Waals surface area contributed by atoms with Crippen LogP contribution in [-0.2, 0) is 11.2 Å². The molecule has 0 aliphatic carbocycles. The van der Waals surface area contributed by atoms with E-state index in [4.69, 9.17) is 4.52 Å². The van der Waals surface area contributed by atoms with Crippen LogP contribution in [-0.4, -0.2) is 27.4 Å². The maximum atomic E-state index is 11.7. The number of hydrogen-bond acceptors (Lipinski definition) is 5. The summed E-state index contributed by atoms with van der Waals surface area (Å²) in [7, 11) is 0. The van der Waals surface area contributed by atoms with Gasteiger partial charge in [-0.3, -0.25) is 4.79 Å². The van der Waals surface area contributed by atoms with Crippen molar-refractivity contribution in [2.45, 2.75) is 26.2 Å². The van der Waals surface area contributed by atoms with E-state index in [0.717, 1.165) is 5.75 Å². The number of aromatic nitrogens is 2. The minimum absolute atomic E-state index is 0.191. The van der Waals surface area contributed by atoms with Crippen LogP contribution in [0.1, 0.15) is 34.3 Å². The molecule has 0 saturated carbocycles. The summed E-state index contributed by atoms with van der Waals surface area (Å²) in [6.45, 7) is 4.15. The standard InChI is InChI=1S/C15H16N2O2S/c1-9-3-10(2)5-11(4-9)6-14-16-15(19-17-14)12-7-20-8-13(12)18/h3-5,12H,6-8H2,1-2H3. The Balaban J connectivity index is 1.78. The number of nitrogens with zero attached hydrogens (tertiary/aromatic N) is 2. The maximum Gasteiger partial charge on any atom is 0.238 e. The summed E-state index contributed by atoms with van der Waals surface area (Å²) in [6, 6.07) is 6.39. The zero-order valence-corrected chi connectivity index (χ0v) is 12.4. The molecule has 1 atom stereocenters. The Hall–Kier alpha value is -1.62. The number of thioether (sulfide) groups is 1. The van der Waals surface area contributed by atoms with Gasteiger partial charge in [-0.1, -0.05) is 34.5 Å². The van der Waals surface area contributed by atoms with Crippen LogP contribution >= 0.6 is 11.8 Å². The number of ketones is 1. The Morgan fingerprint density at radius 2 is 2.05 bits per heavy atom. The maximum absolute atomic E-state index is 11.7. The monoisotopic (exact) mass is 288 g/mol. The normalized spacial score (nSPS) is 18.7. The quantitative estimate of drug-likeness (QED) is 0.869. The molecule has 0 N–H and O–H groups in total. The fraction of sp³-hybridized carbons (Fsp3) is 0.400. The molecule has 1 aromatic carbocycles. The summed E-state index contributed by atoms with van der Waals surface area (Å²) in [5.74, 6) is 2.41. The van der Waals surface area contributed by atoms with E-state index in [-0.39, 0.29) is 11.7 Å². The van der Waals surface area contributed by atoms with Gasteiger partial charge in [0.2, 0.25) is 5.89 Å². The highest BCUT2D eigenvalue weighted by Gasteiger charge is 2.31. The first kappa shape index (κ1) is 13.4. The number of hydrogen-bond donors (Lipinski definition) is 0. The summed E-state index contributed by atoms with van der Waals surface area (Å²) in [5, 5.41) is 4.00. The van der Waals surface area contributed by atoms with Crippen LogP contribution < -0.4 is 0 Å². The van der Waals surface area contributed by atoms with Crippen LogP contribution in [0.15, 0.2) is 22.7 Å². The topological polar surface area (TPSA) is 56.0 Å². The van der Waals surface area contributed by atoms with Crippen molar-refractivity contribution in [3.05, 3.63) is 46.6 Å². The van der Waals surface area contributed by atoms with E-state index in [1.54, 1.807) is 11.8 Å². The van der Waals surface area contributed by atoms with Gasteiger partial charge in [0.05, 0.1) is 5.75 Å². The lowest BCUT2D eigenvalue weighted by molar-refractivity contribution is -0.117. The third-order valence-corrected chi connectivity index (χ3v) is 4.40. The SMILES string of the molecule is Cc1cc(C)cc(Cc2noc(C3CSCC3=O)n2)c1. The molecule has 1 fully saturated rings. The van der Waals surface area contributed by atoms with Crippen LogP contribution in [0.5, 0.6) is 0 Å². The number of carbonyl (C=O) groups is 1. The molecule has 1 aromatic heterocycles. The summed E-state index contributed by atoms with van der Waals surface area (Å²) in [5.41, 5.74) is 3.62. The molecule has 20 heavy (non-hydrogen) atoms. The molecule has 2 heterocycles. The second-order valence-electron chi connectivity index (χ2n) is 5.26. The zero-order chi connectivity index (χ0) is 14.1. The third-order valence-electron chi connectivity index (χ3n) is 3.34. The fourth-order valence-electron chi connectivity index (χ4n) is 2.51. The second kappa shape index (κ2) is 5.40. The van der Waals surface area contributed by atoms with E-state index >= 15 is 0 Å². The molecule has 3 rings (SSSR count). The number of rotatable bonds is 3. The Labute approximate surface area is 122 Å². The molecule has 1 aliphatic heterocycles. The van der Waals surface area contributed by atoms with Crippen molar-refractivity contribution < 1.29 is 9.32 Å². The van der Waals surface area contributed by atoms with Crippen LogP contribution in [0.4, 0.5) is 0 Å². The van der Waals surface area contributed by atoms with Gasteiger partial charge in [0.25, 0.3) is 0 Å². The van der Waals surface area contributed by atoms with Gasteiger partial charge in [0.1, 0.15) is 5.92 Å². The van der Waals surface area contributed by atoms with E-state index in [9.17, 15) is 4.79 Å². The van der Waals surface area contributed by atoms with Gasteiger partial charge < -0.3 is 4.52 Å². The molecule has 1 saturated heterocycles. The van der Waals surface area contributed by atoms with Gasteiger partial charge in [-0.25, -0.2) is 0 Å². The van der Waals surface area contributed by atoms with E-state index < -0.39 is 0 Å². The first-order valence-electron chi connectivity index (χ1n) is 6.62. The Morgan fingerprint density at radius 3 is 2.70 bits per heavy atom. The Morgan fingerprint density at radius 1 is 1.30 bits per heavy atom. The molecular formula is C15H16N2O2S. The Kier molecular flexibility index (Phi) is 3.61. The van der Waals surface area contributed by atoms with Gasteiger partial charge in [-0.2, -0.15) is 16.7 Å². The van der Waals surface area contributed by atoms with Crippen molar-refractivity contribution in [3.8, 4) is 0 Å². The molecule has 0 bridgehead atoms. The fourth-order valence-corrected chi connectivity index (χ4v) is 3.60. The highest BCUT2D eigenvalue weighted by Crippen LogP contribution is 2.28. The molecule has 1 aliphatic rings. The largest absolute Gasteiger partial charge is 0.339 e. The molecule has 4 nitrogen and oxygen atoms in total. The van der Waals surface area contributed by atoms with Crippen molar-refractivity contribution in [2.75, 3.05) is 11.5 Å². The second-order valence-corrected chi connectivity index (χ2v) is 6.29. The summed E-state index contributed by atoms with van der Waals surface area (Å²) in [4.78, 5) is 16.1. The summed E-state index contributed by atoms with van der Waals surface area (Å²) < 4.78 is 5.26. The van der Waals surface area contributed by atoms with Gasteiger partial charge in [-0.15, -0.1) is 0 Å². The molecule has 2 aromatic rings. The van der Waals surface area contributed by atoms with E-state index in [1.807, 2.05) is 0 Å². The molecule has 0 amide bonds. The lowest BCUT2D eigenvalue weighted by Crippen LogP contribution is -2.09. The summed E-state index contributed by atoms with van der Waals surface area (Å²) >= 11 is 1.62. The van der Waals surface area contributed by atoms with Gasteiger partial charge in [0, 0.05) is 12.2 Å². The molecule has 0 spiro atoms. The van der Waals surface area contributed by atoms with Crippen molar-refractivity contribution in [2.24, 2.45) is 0 Å². The predicted molar refractivity (Wildman–Crippen MR) is 78.1 cm³/mol. The van der Waals surface area contributed by atoms with Gasteiger partial charge in [0.15, 0.2) is 11.6 Å². The lowest BCUT2D eigenvalue weighted by atomic mass is 10.0. The van der Waals surface area contributed by atoms with E-state index in [1.165, 1.54) is 16.7 Å². The first-order valence-corrected chi connectivity index (χ1v) is 7.77. The van der Waals surface area contributed by atoms with Crippen molar-refractivity contribution in [3.63, 3.8) is 0 Å². The van der Waals surface area contributed by atoms with Crippen LogP contribution in [0, 0.1) is 13.8 Å². The van der Waals surface area contributed by atoms with Gasteiger partial charge in [-0.05, 0) is 19.4 Å². The van der Waals surface area contributed by atoms with Crippen molar-refractivity contribution >= 4 is 17.5 Å². The lowest BCUT2D eigenvalue weighted by Gasteiger charge is -2.02. The summed E-state index contributed by atoms with van der Waals surface area (Å²) in [6.07, 6.45) is 0.639. The zero-order valence-electron chi connectivity index (χ0n) is 11.5. The molecule has 5 heteroatoms. The Bertz CT molecular complexity index is 631. The molecule has 1 unspecified atom stereocenters. The average Bonchev–Trinajstić information content (AvgIpc) is 2.96. The van der Waals surface area contributed by atoms with Gasteiger partial charge >= 0.3 is 0 Å². The smallest absolute Gasteiger partial charge is 0.238 e. The highest BCUT2D eigenvalue weighted by atomic mass is 32.2. The first-order chi connectivity index (χ1) is 9.61. The van der Waals surface area contributed by atoms with Crippen LogP contribution in [0.25, 0.3) is 0 Å². The number of carbonyl (C=O) groups excluding carboxylic acids is 1. The third kappa shape index (κ3) is 2.77. The van der Waals surface area contributed by atoms with Crippen molar-refractivity contribution in [1.82, 2.24) is 10.1 Å². The number of aryl methyl sites for hydroxylation is 2. The molecule has 104 valence electrons. The average molecular weight is 288 g/mol. The van der Waals surface area contributed by atoms with Crippen LogP contribution in [0.2, 0.25) is 0 Å². The molecular weight excluding hydrogens is 272 g/mol. The van der Waals surface area contributed by atoms with Crippen LogP contribution in [0.3, 0.4) is 0 Å². The van der Waals surface area contributed by atoms with E-state index in [0.29, 0.717) is 23.9 Å². The number of Topliss-reactive ketones (excluding diaryl/α,β-unsaturated/α-hetero) is 1. The van der Waals surface area contributed by atoms with Crippen molar-refractivity contribution in [1.29, 1.82) is 0 Å².